The monoisotopic (exact) mass is 355 g/mol. The molecule has 3 heterocycles. The van der Waals surface area contributed by atoms with Crippen LogP contribution in [0.3, 0.4) is 0 Å². The second-order valence-corrected chi connectivity index (χ2v) is 6.23. The first-order valence-corrected chi connectivity index (χ1v) is 8.25. The lowest BCUT2D eigenvalue weighted by Gasteiger charge is -2.14. The van der Waals surface area contributed by atoms with Crippen molar-refractivity contribution < 1.29 is 9.15 Å². The summed E-state index contributed by atoms with van der Waals surface area (Å²) in [6.07, 6.45) is 4.32. The summed E-state index contributed by atoms with van der Waals surface area (Å²) in [5.74, 6) is 1.00. The molecule has 0 saturated carbocycles. The third kappa shape index (κ3) is 3.14. The molecule has 0 N–H and O–H groups in total. The van der Waals surface area contributed by atoms with Gasteiger partial charge in [-0.25, -0.2) is 0 Å². The number of aromatic nitrogens is 4. The summed E-state index contributed by atoms with van der Waals surface area (Å²) in [6, 6.07) is 8.96. The van der Waals surface area contributed by atoms with E-state index in [0.717, 1.165) is 13.0 Å². The highest BCUT2D eigenvalue weighted by Crippen LogP contribution is 2.36. The molecule has 3 aromatic rings. The Kier molecular flexibility index (Phi) is 4.22. The van der Waals surface area contributed by atoms with Gasteiger partial charge in [-0.2, -0.15) is 10.4 Å². The summed E-state index contributed by atoms with van der Waals surface area (Å²) in [7, 11) is 0. The Hall–Kier alpha value is -2.69. The van der Waals surface area contributed by atoms with Gasteiger partial charge in [-0.15, -0.1) is 10.2 Å². The van der Waals surface area contributed by atoms with Gasteiger partial charge in [0.1, 0.15) is 12.2 Å². The smallest absolute Gasteiger partial charge is 0.247 e. The van der Waals surface area contributed by atoms with Crippen LogP contribution in [0.4, 0.5) is 0 Å². The van der Waals surface area contributed by atoms with E-state index in [9.17, 15) is 0 Å². The molecule has 0 unspecified atom stereocenters. The van der Waals surface area contributed by atoms with Crippen LogP contribution in [-0.4, -0.2) is 26.6 Å². The molecule has 0 radical (unpaired) electrons. The third-order valence-corrected chi connectivity index (χ3v) is 4.54. The van der Waals surface area contributed by atoms with Gasteiger partial charge >= 0.3 is 0 Å². The minimum Gasteiger partial charge on any atom is -0.418 e. The van der Waals surface area contributed by atoms with Crippen LogP contribution in [0.15, 0.2) is 41.1 Å². The van der Waals surface area contributed by atoms with Gasteiger partial charge < -0.3 is 9.15 Å². The van der Waals surface area contributed by atoms with Crippen LogP contribution in [0.25, 0.3) is 11.5 Å². The summed E-state index contributed by atoms with van der Waals surface area (Å²) < 4.78 is 13.5. The van der Waals surface area contributed by atoms with E-state index < -0.39 is 0 Å². The third-order valence-electron chi connectivity index (χ3n) is 4.21. The van der Waals surface area contributed by atoms with Gasteiger partial charge in [0.05, 0.1) is 10.6 Å². The van der Waals surface area contributed by atoms with E-state index in [0.29, 0.717) is 34.5 Å². The number of benzene rings is 1. The number of rotatable bonds is 4. The molecular formula is C17H14ClN5O2. The predicted molar refractivity (Wildman–Crippen MR) is 88.5 cm³/mol. The second kappa shape index (κ2) is 6.67. The SMILES string of the molecule is N#Cc1cc(-c2nnc([C@H]3OCC[C@H]3Cn3cccn3)o2)ccc1Cl. The average molecular weight is 356 g/mol. The molecule has 2 atom stereocenters. The molecule has 1 fully saturated rings. The first kappa shape index (κ1) is 15.8. The van der Waals surface area contributed by atoms with Crippen LogP contribution in [0.1, 0.15) is 24.0 Å². The van der Waals surface area contributed by atoms with E-state index in [1.165, 1.54) is 0 Å². The zero-order chi connectivity index (χ0) is 17.2. The highest BCUT2D eigenvalue weighted by Gasteiger charge is 2.34. The van der Waals surface area contributed by atoms with E-state index in [2.05, 4.69) is 15.3 Å². The maximum Gasteiger partial charge on any atom is 0.247 e. The lowest BCUT2D eigenvalue weighted by atomic mass is 10.0. The highest BCUT2D eigenvalue weighted by atomic mass is 35.5. The van der Waals surface area contributed by atoms with Crippen LogP contribution in [0.2, 0.25) is 5.02 Å². The topological polar surface area (TPSA) is 89.8 Å². The van der Waals surface area contributed by atoms with Crippen molar-refractivity contribution in [3.63, 3.8) is 0 Å². The summed E-state index contributed by atoms with van der Waals surface area (Å²) >= 11 is 5.96. The normalized spacial score (nSPS) is 19.8. The van der Waals surface area contributed by atoms with Gasteiger partial charge in [0, 0.05) is 37.0 Å². The lowest BCUT2D eigenvalue weighted by Crippen LogP contribution is -2.15. The molecule has 126 valence electrons. The van der Waals surface area contributed by atoms with Gasteiger partial charge in [-0.05, 0) is 30.7 Å². The van der Waals surface area contributed by atoms with Gasteiger partial charge in [0.2, 0.25) is 11.8 Å². The van der Waals surface area contributed by atoms with Crippen molar-refractivity contribution in [2.24, 2.45) is 5.92 Å². The summed E-state index contributed by atoms with van der Waals surface area (Å²) in [5, 5.41) is 22.0. The lowest BCUT2D eigenvalue weighted by molar-refractivity contribution is 0.0634. The van der Waals surface area contributed by atoms with Crippen LogP contribution >= 0.6 is 11.6 Å². The van der Waals surface area contributed by atoms with Crippen LogP contribution in [-0.2, 0) is 11.3 Å². The Morgan fingerprint density at radius 2 is 2.28 bits per heavy atom. The summed E-state index contributed by atoms with van der Waals surface area (Å²) in [4.78, 5) is 0. The van der Waals surface area contributed by atoms with E-state index in [1.807, 2.05) is 23.0 Å². The van der Waals surface area contributed by atoms with Crippen LogP contribution in [0.5, 0.6) is 0 Å². The van der Waals surface area contributed by atoms with Crippen LogP contribution in [0, 0.1) is 17.2 Å². The quantitative estimate of drug-likeness (QED) is 0.713. The van der Waals surface area contributed by atoms with Crippen molar-refractivity contribution in [1.29, 1.82) is 5.26 Å². The highest BCUT2D eigenvalue weighted by molar-refractivity contribution is 6.31. The number of hydrogen-bond acceptors (Lipinski definition) is 6. The number of ether oxygens (including phenoxy) is 1. The molecule has 8 heteroatoms. The second-order valence-electron chi connectivity index (χ2n) is 5.82. The standard InChI is InChI=1S/C17H14ClN5O2/c18-14-3-2-11(8-13(14)9-19)16-21-22-17(25-16)15-12(4-7-24-15)10-23-6-1-5-20-23/h1-3,5-6,8,12,15H,4,7,10H2/t12-,15-/m0/s1. The van der Waals surface area contributed by atoms with Crippen LogP contribution < -0.4 is 0 Å². The molecule has 1 saturated heterocycles. The maximum absolute atomic E-state index is 9.10. The number of hydrogen-bond donors (Lipinski definition) is 0. The Morgan fingerprint density at radius 1 is 1.36 bits per heavy atom. The van der Waals surface area contributed by atoms with Gasteiger partial charge in [-0.1, -0.05) is 11.6 Å². The van der Waals surface area contributed by atoms with Crippen molar-refractivity contribution in [1.82, 2.24) is 20.0 Å². The minimum atomic E-state index is -0.256. The maximum atomic E-state index is 9.10. The fraction of sp³-hybridized carbons (Fsp3) is 0.294. The predicted octanol–water partition coefficient (Wildman–Crippen LogP) is 3.24. The Balaban J connectivity index is 1.57. The molecule has 2 aromatic heterocycles. The first-order chi connectivity index (χ1) is 12.2. The van der Waals surface area contributed by atoms with Crippen molar-refractivity contribution >= 4 is 11.6 Å². The summed E-state index contributed by atoms with van der Waals surface area (Å²) in [5.41, 5.74) is 1.02. The number of nitriles is 1. The number of halogens is 1. The zero-order valence-electron chi connectivity index (χ0n) is 13.2. The Labute approximate surface area is 148 Å². The van der Waals surface area contributed by atoms with E-state index in [4.69, 9.17) is 26.0 Å². The molecule has 0 amide bonds. The van der Waals surface area contributed by atoms with Gasteiger partial charge in [-0.3, -0.25) is 4.68 Å². The van der Waals surface area contributed by atoms with E-state index in [-0.39, 0.29) is 12.0 Å². The molecular weight excluding hydrogens is 342 g/mol. The van der Waals surface area contributed by atoms with E-state index in [1.54, 1.807) is 24.4 Å². The Morgan fingerprint density at radius 3 is 3.08 bits per heavy atom. The Bertz CT molecular complexity index is 916. The fourth-order valence-electron chi connectivity index (χ4n) is 2.95. The van der Waals surface area contributed by atoms with Crippen molar-refractivity contribution in [3.8, 4) is 17.5 Å². The molecule has 25 heavy (non-hydrogen) atoms. The number of nitrogens with zero attached hydrogens (tertiary/aromatic N) is 5. The molecule has 1 aliphatic rings. The van der Waals surface area contributed by atoms with Crippen molar-refractivity contribution in [2.45, 2.75) is 19.1 Å². The largest absolute Gasteiger partial charge is 0.418 e. The zero-order valence-corrected chi connectivity index (χ0v) is 13.9. The van der Waals surface area contributed by atoms with Gasteiger partial charge in [0.15, 0.2) is 0 Å². The molecule has 0 aliphatic carbocycles. The van der Waals surface area contributed by atoms with Crippen molar-refractivity contribution in [3.05, 3.63) is 53.1 Å². The molecule has 1 aliphatic heterocycles. The molecule has 7 nitrogen and oxygen atoms in total. The van der Waals surface area contributed by atoms with Gasteiger partial charge in [0.25, 0.3) is 0 Å². The minimum absolute atomic E-state index is 0.216. The average Bonchev–Trinajstić information content (AvgIpc) is 3.37. The molecule has 1 aromatic carbocycles. The first-order valence-electron chi connectivity index (χ1n) is 7.87. The molecule has 0 bridgehead atoms. The van der Waals surface area contributed by atoms with E-state index >= 15 is 0 Å². The molecule has 4 rings (SSSR count). The molecule has 0 spiro atoms. The van der Waals surface area contributed by atoms with Crippen molar-refractivity contribution in [2.75, 3.05) is 6.61 Å². The fourth-order valence-corrected chi connectivity index (χ4v) is 3.11. The summed E-state index contributed by atoms with van der Waals surface area (Å²) in [6.45, 7) is 1.38.